The maximum absolute atomic E-state index is 10.7. The highest BCUT2D eigenvalue weighted by atomic mass is 32.1. The van der Waals surface area contributed by atoms with E-state index >= 15 is 0 Å². The lowest BCUT2D eigenvalue weighted by Crippen LogP contribution is -1.94. The average molecular weight is 274 g/mol. The van der Waals surface area contributed by atoms with Crippen LogP contribution in [0.15, 0.2) is 29.8 Å². The lowest BCUT2D eigenvalue weighted by atomic mass is 10.2. The fraction of sp³-hybridized carbons (Fsp3) is 0.0833. The zero-order valence-electron chi connectivity index (χ0n) is 10.0. The van der Waals surface area contributed by atoms with E-state index in [2.05, 4.69) is 4.98 Å². The minimum atomic E-state index is -0.411. The number of hydrogen-bond acceptors (Lipinski definition) is 5. The second-order valence-electron chi connectivity index (χ2n) is 4.16. The molecule has 3 heterocycles. The fourth-order valence-corrected chi connectivity index (χ4v) is 2.69. The standard InChI is InChI=1S/C12H10N4O2S/c1-7-3-2-4-15-11(13)10(14-12(7)15)8-5-9(16(17)18)19-6-8/h2-6H,13H2,1H3. The molecule has 0 amide bonds. The smallest absolute Gasteiger partial charge is 0.324 e. The van der Waals surface area contributed by atoms with Gasteiger partial charge in [0.15, 0.2) is 0 Å². The summed E-state index contributed by atoms with van der Waals surface area (Å²) < 4.78 is 1.79. The van der Waals surface area contributed by atoms with E-state index in [0.717, 1.165) is 22.5 Å². The third-order valence-corrected chi connectivity index (χ3v) is 3.80. The highest BCUT2D eigenvalue weighted by Gasteiger charge is 2.17. The quantitative estimate of drug-likeness (QED) is 0.575. The lowest BCUT2D eigenvalue weighted by molar-refractivity contribution is -0.380. The van der Waals surface area contributed by atoms with Crippen molar-refractivity contribution in [3.63, 3.8) is 0 Å². The van der Waals surface area contributed by atoms with Crippen LogP contribution in [0.3, 0.4) is 0 Å². The lowest BCUT2D eigenvalue weighted by Gasteiger charge is -1.97. The number of fused-ring (bicyclic) bond motifs is 1. The molecule has 3 aromatic heterocycles. The van der Waals surface area contributed by atoms with Crippen molar-refractivity contribution in [1.82, 2.24) is 9.38 Å². The molecule has 96 valence electrons. The molecular formula is C12H10N4O2S. The second kappa shape index (κ2) is 4.06. The molecule has 3 rings (SSSR count). The highest BCUT2D eigenvalue weighted by molar-refractivity contribution is 7.13. The number of thiophene rings is 1. The monoisotopic (exact) mass is 274 g/mol. The number of nitrogens with two attached hydrogens (primary N) is 1. The van der Waals surface area contributed by atoms with E-state index in [1.54, 1.807) is 9.78 Å². The van der Waals surface area contributed by atoms with Gasteiger partial charge in [0.25, 0.3) is 0 Å². The number of nitrogens with zero attached hydrogens (tertiary/aromatic N) is 3. The molecule has 0 radical (unpaired) electrons. The molecule has 0 unspecified atom stereocenters. The van der Waals surface area contributed by atoms with Crippen LogP contribution in [0, 0.1) is 17.0 Å². The summed E-state index contributed by atoms with van der Waals surface area (Å²) in [7, 11) is 0. The Morgan fingerprint density at radius 1 is 1.53 bits per heavy atom. The molecule has 0 saturated heterocycles. The summed E-state index contributed by atoms with van der Waals surface area (Å²) in [6, 6.07) is 5.33. The number of aromatic nitrogens is 2. The van der Waals surface area contributed by atoms with Gasteiger partial charge in [0.05, 0.1) is 4.92 Å². The summed E-state index contributed by atoms with van der Waals surface area (Å²) in [6.45, 7) is 1.95. The third-order valence-electron chi connectivity index (χ3n) is 2.92. The summed E-state index contributed by atoms with van der Waals surface area (Å²) >= 11 is 1.07. The van der Waals surface area contributed by atoms with Crippen LogP contribution in [0.1, 0.15) is 5.56 Å². The zero-order chi connectivity index (χ0) is 13.6. The molecule has 0 aliphatic rings. The van der Waals surface area contributed by atoms with Gasteiger partial charge in [0, 0.05) is 23.2 Å². The zero-order valence-corrected chi connectivity index (χ0v) is 10.8. The van der Waals surface area contributed by atoms with Gasteiger partial charge in [0.1, 0.15) is 17.2 Å². The van der Waals surface area contributed by atoms with Crippen LogP contribution in [-0.2, 0) is 0 Å². The highest BCUT2D eigenvalue weighted by Crippen LogP contribution is 2.33. The first-order chi connectivity index (χ1) is 9.08. The first-order valence-corrected chi connectivity index (χ1v) is 6.42. The Hall–Kier alpha value is -2.41. The molecular weight excluding hydrogens is 264 g/mol. The Kier molecular flexibility index (Phi) is 2.49. The van der Waals surface area contributed by atoms with Gasteiger partial charge in [0.2, 0.25) is 0 Å². The predicted octanol–water partition coefficient (Wildman–Crippen LogP) is 2.86. The van der Waals surface area contributed by atoms with Crippen molar-refractivity contribution in [2.45, 2.75) is 6.92 Å². The number of nitro groups is 1. The third kappa shape index (κ3) is 1.75. The van der Waals surface area contributed by atoms with Crippen molar-refractivity contribution in [2.24, 2.45) is 0 Å². The molecule has 0 aromatic carbocycles. The Morgan fingerprint density at radius 3 is 2.95 bits per heavy atom. The molecule has 0 bridgehead atoms. The van der Waals surface area contributed by atoms with E-state index < -0.39 is 4.92 Å². The molecule has 0 atom stereocenters. The normalized spacial score (nSPS) is 11.0. The molecule has 3 aromatic rings. The van der Waals surface area contributed by atoms with Gasteiger partial charge in [-0.05, 0) is 18.6 Å². The van der Waals surface area contributed by atoms with Gasteiger partial charge in [-0.2, -0.15) is 0 Å². The predicted molar refractivity (Wildman–Crippen MR) is 74.3 cm³/mol. The number of aryl methyl sites for hydroxylation is 1. The minimum Gasteiger partial charge on any atom is -0.383 e. The molecule has 7 heteroatoms. The van der Waals surface area contributed by atoms with Gasteiger partial charge < -0.3 is 5.73 Å². The molecule has 0 aliphatic heterocycles. The average Bonchev–Trinajstić information content (AvgIpc) is 2.96. The maximum atomic E-state index is 10.7. The molecule has 19 heavy (non-hydrogen) atoms. The van der Waals surface area contributed by atoms with Crippen molar-refractivity contribution < 1.29 is 4.92 Å². The molecule has 2 N–H and O–H groups in total. The van der Waals surface area contributed by atoms with Gasteiger partial charge in [-0.3, -0.25) is 14.5 Å². The molecule has 0 saturated carbocycles. The molecule has 0 aliphatic carbocycles. The number of rotatable bonds is 2. The number of hydrogen-bond donors (Lipinski definition) is 1. The van der Waals surface area contributed by atoms with Crippen molar-refractivity contribution in [1.29, 1.82) is 0 Å². The van der Waals surface area contributed by atoms with E-state index in [1.165, 1.54) is 6.07 Å². The SMILES string of the molecule is Cc1cccn2c(N)c(-c3csc([N+](=O)[O-])c3)nc12. The summed E-state index contributed by atoms with van der Waals surface area (Å²) in [5.41, 5.74) is 9.09. The van der Waals surface area contributed by atoms with Crippen LogP contribution in [0.5, 0.6) is 0 Å². The topological polar surface area (TPSA) is 86.5 Å². The van der Waals surface area contributed by atoms with Gasteiger partial charge in [-0.1, -0.05) is 17.4 Å². The summed E-state index contributed by atoms with van der Waals surface area (Å²) in [6.07, 6.45) is 1.83. The van der Waals surface area contributed by atoms with Crippen LogP contribution in [-0.4, -0.2) is 14.3 Å². The van der Waals surface area contributed by atoms with Crippen molar-refractivity contribution in [3.8, 4) is 11.3 Å². The van der Waals surface area contributed by atoms with Crippen LogP contribution in [0.25, 0.3) is 16.9 Å². The Balaban J connectivity index is 2.22. The summed E-state index contributed by atoms with van der Waals surface area (Å²) in [5.74, 6) is 0.492. The van der Waals surface area contributed by atoms with Crippen LogP contribution in [0.2, 0.25) is 0 Å². The Labute approximate surface area is 112 Å². The Morgan fingerprint density at radius 2 is 2.32 bits per heavy atom. The van der Waals surface area contributed by atoms with E-state index in [1.807, 2.05) is 25.3 Å². The van der Waals surface area contributed by atoms with Crippen LogP contribution in [0.4, 0.5) is 10.8 Å². The van der Waals surface area contributed by atoms with Gasteiger partial charge >= 0.3 is 5.00 Å². The van der Waals surface area contributed by atoms with Crippen molar-refractivity contribution in [2.75, 3.05) is 5.73 Å². The van der Waals surface area contributed by atoms with E-state index in [0.29, 0.717) is 17.1 Å². The van der Waals surface area contributed by atoms with E-state index in [-0.39, 0.29) is 5.00 Å². The first kappa shape index (κ1) is 11.7. The number of pyridine rings is 1. The van der Waals surface area contributed by atoms with Gasteiger partial charge in [-0.15, -0.1) is 0 Å². The van der Waals surface area contributed by atoms with Crippen LogP contribution < -0.4 is 5.73 Å². The van der Waals surface area contributed by atoms with Gasteiger partial charge in [-0.25, -0.2) is 4.98 Å². The first-order valence-electron chi connectivity index (χ1n) is 5.54. The van der Waals surface area contributed by atoms with Crippen molar-refractivity contribution >= 4 is 27.8 Å². The molecule has 0 fully saturated rings. The molecule has 0 spiro atoms. The summed E-state index contributed by atoms with van der Waals surface area (Å²) in [4.78, 5) is 14.8. The number of imidazole rings is 1. The molecule has 6 nitrogen and oxygen atoms in total. The maximum Gasteiger partial charge on any atom is 0.324 e. The van der Waals surface area contributed by atoms with E-state index in [4.69, 9.17) is 5.73 Å². The minimum absolute atomic E-state index is 0.0863. The number of anilines is 1. The largest absolute Gasteiger partial charge is 0.383 e. The fourth-order valence-electron chi connectivity index (χ4n) is 1.98. The van der Waals surface area contributed by atoms with E-state index in [9.17, 15) is 10.1 Å². The Bertz CT molecular complexity index is 790. The van der Waals surface area contributed by atoms with Crippen LogP contribution >= 0.6 is 11.3 Å². The second-order valence-corrected chi connectivity index (χ2v) is 5.05. The summed E-state index contributed by atoms with van der Waals surface area (Å²) in [5, 5.41) is 12.5. The van der Waals surface area contributed by atoms with Crippen molar-refractivity contribution in [3.05, 3.63) is 45.5 Å². The number of nitrogen functional groups attached to an aromatic ring is 1.